The smallest absolute Gasteiger partial charge is 0.323 e. The summed E-state index contributed by atoms with van der Waals surface area (Å²) < 4.78 is 5.49. The largest absolute Gasteiger partial charge is 0.490 e. The lowest BCUT2D eigenvalue weighted by molar-refractivity contribution is 0.262. The molecule has 0 heterocycles. The molecule has 4 N–H and O–H groups in total. The molecule has 2 amide bonds. The van der Waals surface area contributed by atoms with E-state index in [4.69, 9.17) is 10.5 Å². The molecule has 0 bridgehead atoms. The molecule has 5 nitrogen and oxygen atoms in total. The minimum atomic E-state index is -0.317. The highest BCUT2D eigenvalue weighted by Crippen LogP contribution is 2.23. The van der Waals surface area contributed by atoms with E-state index in [-0.39, 0.29) is 6.03 Å². The fourth-order valence-electron chi connectivity index (χ4n) is 1.79. The van der Waals surface area contributed by atoms with Crippen molar-refractivity contribution in [1.29, 1.82) is 0 Å². The first-order chi connectivity index (χ1) is 10.2. The van der Waals surface area contributed by atoms with E-state index in [1.165, 1.54) is 0 Å². The third kappa shape index (κ3) is 4.50. The van der Waals surface area contributed by atoms with E-state index in [9.17, 15) is 4.79 Å². The lowest BCUT2D eigenvalue weighted by atomic mass is 10.2. The number of para-hydroxylation sites is 2. The third-order valence-electron chi connectivity index (χ3n) is 2.82. The van der Waals surface area contributed by atoms with Gasteiger partial charge in [0.15, 0.2) is 0 Å². The van der Waals surface area contributed by atoms with Gasteiger partial charge in [0.05, 0.1) is 5.69 Å². The molecular formula is C16H19N3O2. The summed E-state index contributed by atoms with van der Waals surface area (Å²) in [6.45, 7) is 2.82. The van der Waals surface area contributed by atoms with E-state index in [0.717, 1.165) is 11.3 Å². The summed E-state index contributed by atoms with van der Waals surface area (Å²) in [6, 6.07) is 14.5. The highest BCUT2D eigenvalue weighted by atomic mass is 16.5. The molecule has 0 aromatic heterocycles. The Labute approximate surface area is 124 Å². The lowest BCUT2D eigenvalue weighted by Gasteiger charge is -2.12. The number of rotatable bonds is 5. The quantitative estimate of drug-likeness (QED) is 0.790. The van der Waals surface area contributed by atoms with E-state index in [2.05, 4.69) is 10.6 Å². The molecule has 0 aliphatic carbocycles. The highest BCUT2D eigenvalue weighted by molar-refractivity contribution is 6.00. The van der Waals surface area contributed by atoms with Gasteiger partial charge in [-0.2, -0.15) is 0 Å². The third-order valence-corrected chi connectivity index (χ3v) is 2.82. The van der Waals surface area contributed by atoms with Crippen molar-refractivity contribution in [2.45, 2.75) is 6.92 Å². The molecular weight excluding hydrogens is 266 g/mol. The van der Waals surface area contributed by atoms with E-state index < -0.39 is 0 Å². The average Bonchev–Trinajstić information content (AvgIpc) is 2.49. The Bertz CT molecular complexity index is 597. The molecule has 0 unspecified atom stereocenters. The molecule has 0 aliphatic heterocycles. The number of nitrogens with one attached hydrogen (secondary N) is 2. The normalized spacial score (nSPS) is 10.0. The molecule has 0 fully saturated rings. The van der Waals surface area contributed by atoms with Crippen LogP contribution in [-0.4, -0.2) is 19.2 Å². The van der Waals surface area contributed by atoms with Crippen LogP contribution in [0.4, 0.5) is 16.2 Å². The van der Waals surface area contributed by atoms with Gasteiger partial charge in [0, 0.05) is 12.2 Å². The second kappa shape index (κ2) is 7.31. The lowest BCUT2D eigenvalue weighted by Crippen LogP contribution is -2.20. The minimum Gasteiger partial charge on any atom is -0.490 e. The second-order valence-electron chi connectivity index (χ2n) is 4.58. The van der Waals surface area contributed by atoms with Crippen molar-refractivity contribution in [1.82, 2.24) is 0 Å². The van der Waals surface area contributed by atoms with Crippen LogP contribution in [0.25, 0.3) is 0 Å². The Balaban J connectivity index is 2.00. The van der Waals surface area contributed by atoms with Crippen molar-refractivity contribution >= 4 is 17.4 Å². The molecule has 2 aromatic carbocycles. The zero-order chi connectivity index (χ0) is 15.1. The van der Waals surface area contributed by atoms with Crippen LogP contribution >= 0.6 is 0 Å². The van der Waals surface area contributed by atoms with Crippen molar-refractivity contribution in [2.75, 3.05) is 23.8 Å². The van der Waals surface area contributed by atoms with E-state index in [1.54, 1.807) is 12.1 Å². The number of amides is 2. The van der Waals surface area contributed by atoms with E-state index >= 15 is 0 Å². The number of carbonyl (C=O) groups is 1. The average molecular weight is 285 g/mol. The van der Waals surface area contributed by atoms with Gasteiger partial charge >= 0.3 is 6.03 Å². The van der Waals surface area contributed by atoms with E-state index in [0.29, 0.717) is 24.6 Å². The first-order valence-corrected chi connectivity index (χ1v) is 6.75. The fourth-order valence-corrected chi connectivity index (χ4v) is 1.79. The molecule has 21 heavy (non-hydrogen) atoms. The molecule has 0 saturated carbocycles. The number of hydrogen-bond donors (Lipinski definition) is 3. The monoisotopic (exact) mass is 285 g/mol. The van der Waals surface area contributed by atoms with Crippen LogP contribution in [-0.2, 0) is 0 Å². The van der Waals surface area contributed by atoms with Crippen molar-refractivity contribution in [2.24, 2.45) is 5.73 Å². The van der Waals surface area contributed by atoms with Crippen LogP contribution in [0, 0.1) is 6.92 Å². The predicted octanol–water partition coefficient (Wildman–Crippen LogP) is 2.98. The Kier molecular flexibility index (Phi) is 5.17. The van der Waals surface area contributed by atoms with Crippen molar-refractivity contribution in [3.63, 3.8) is 0 Å². The number of anilines is 2. The van der Waals surface area contributed by atoms with Crippen molar-refractivity contribution in [3.8, 4) is 5.75 Å². The molecule has 0 spiro atoms. The van der Waals surface area contributed by atoms with Gasteiger partial charge in [-0.05, 0) is 31.2 Å². The summed E-state index contributed by atoms with van der Waals surface area (Å²) in [7, 11) is 0. The number of ether oxygens (including phenoxy) is 1. The summed E-state index contributed by atoms with van der Waals surface area (Å²) >= 11 is 0. The highest BCUT2D eigenvalue weighted by Gasteiger charge is 2.07. The van der Waals surface area contributed by atoms with Crippen LogP contribution in [0.1, 0.15) is 5.56 Å². The van der Waals surface area contributed by atoms with Crippen LogP contribution in [0.2, 0.25) is 0 Å². The second-order valence-corrected chi connectivity index (χ2v) is 4.58. The van der Waals surface area contributed by atoms with Crippen molar-refractivity contribution in [3.05, 3.63) is 54.1 Å². The van der Waals surface area contributed by atoms with Gasteiger partial charge in [-0.3, -0.25) is 0 Å². The van der Waals surface area contributed by atoms with Gasteiger partial charge < -0.3 is 21.1 Å². The van der Waals surface area contributed by atoms with Gasteiger partial charge in [-0.15, -0.1) is 0 Å². The number of benzene rings is 2. The van der Waals surface area contributed by atoms with Crippen molar-refractivity contribution < 1.29 is 9.53 Å². The molecule has 5 heteroatoms. The van der Waals surface area contributed by atoms with Crippen LogP contribution < -0.4 is 21.1 Å². The summed E-state index contributed by atoms with van der Waals surface area (Å²) in [5.41, 5.74) is 7.90. The Morgan fingerprint density at radius 3 is 2.52 bits per heavy atom. The predicted molar refractivity (Wildman–Crippen MR) is 84.8 cm³/mol. The SMILES string of the molecule is Cc1ccc(NC(=O)Nc2ccccc2OCCN)cc1. The molecule has 2 rings (SSSR count). The van der Waals surface area contributed by atoms with Gasteiger partial charge in [0.2, 0.25) is 0 Å². The molecule has 0 radical (unpaired) electrons. The standard InChI is InChI=1S/C16H19N3O2/c1-12-6-8-13(9-7-12)18-16(20)19-14-4-2-3-5-15(14)21-11-10-17/h2-9H,10-11,17H2,1H3,(H2,18,19,20). The fraction of sp³-hybridized carbons (Fsp3) is 0.188. The number of aryl methyl sites for hydroxylation is 1. The minimum absolute atomic E-state index is 0.317. The van der Waals surface area contributed by atoms with Gasteiger partial charge in [-0.25, -0.2) is 4.79 Å². The zero-order valence-corrected chi connectivity index (χ0v) is 11.9. The van der Waals surface area contributed by atoms with Gasteiger partial charge in [0.1, 0.15) is 12.4 Å². The topological polar surface area (TPSA) is 76.4 Å². The molecule has 0 saturated heterocycles. The summed E-state index contributed by atoms with van der Waals surface area (Å²) in [5, 5.41) is 5.54. The number of nitrogens with two attached hydrogens (primary N) is 1. The summed E-state index contributed by atoms with van der Waals surface area (Å²) in [6.07, 6.45) is 0. The first kappa shape index (κ1) is 14.9. The molecule has 110 valence electrons. The maximum Gasteiger partial charge on any atom is 0.323 e. The number of urea groups is 1. The van der Waals surface area contributed by atoms with E-state index in [1.807, 2.05) is 43.3 Å². The molecule has 0 aliphatic rings. The maximum atomic E-state index is 12.0. The van der Waals surface area contributed by atoms with Gasteiger partial charge in [0.25, 0.3) is 0 Å². The molecule has 2 aromatic rings. The maximum absolute atomic E-state index is 12.0. The van der Waals surface area contributed by atoms with Crippen LogP contribution in [0.5, 0.6) is 5.75 Å². The number of carbonyl (C=O) groups excluding carboxylic acids is 1. The molecule has 0 atom stereocenters. The zero-order valence-electron chi connectivity index (χ0n) is 11.9. The first-order valence-electron chi connectivity index (χ1n) is 6.75. The summed E-state index contributed by atoms with van der Waals surface area (Å²) in [4.78, 5) is 12.0. The Morgan fingerprint density at radius 2 is 1.81 bits per heavy atom. The van der Waals surface area contributed by atoms with Crippen LogP contribution in [0.15, 0.2) is 48.5 Å². The number of hydrogen-bond acceptors (Lipinski definition) is 3. The van der Waals surface area contributed by atoms with Gasteiger partial charge in [-0.1, -0.05) is 29.8 Å². The summed E-state index contributed by atoms with van der Waals surface area (Å²) in [5.74, 6) is 0.599. The Hall–Kier alpha value is -2.53. The Morgan fingerprint density at radius 1 is 1.10 bits per heavy atom. The van der Waals surface area contributed by atoms with Crippen LogP contribution in [0.3, 0.4) is 0 Å².